The molecular formula is C13H25ClN2O. The van der Waals surface area contributed by atoms with E-state index in [1.165, 1.54) is 25.7 Å². The maximum absolute atomic E-state index is 12.2. The van der Waals surface area contributed by atoms with Crippen LogP contribution in [0.25, 0.3) is 0 Å². The standard InChI is InChI=1S/C13H24N2O.ClH/c1-2-13(8-5-9-15-13)12(16)14-10-11-6-3-4-7-11;/h11,15H,2-10H2,1H3,(H,14,16);1H. The fourth-order valence-electron chi connectivity index (χ4n) is 3.08. The van der Waals surface area contributed by atoms with Crippen molar-refractivity contribution >= 4 is 18.3 Å². The number of hydrogen-bond acceptors (Lipinski definition) is 2. The van der Waals surface area contributed by atoms with Crippen LogP contribution in [0.3, 0.4) is 0 Å². The molecule has 1 saturated carbocycles. The number of amides is 1. The molecule has 17 heavy (non-hydrogen) atoms. The smallest absolute Gasteiger partial charge is 0.240 e. The summed E-state index contributed by atoms with van der Waals surface area (Å²) in [7, 11) is 0. The first-order valence-electron chi connectivity index (χ1n) is 6.80. The first-order chi connectivity index (χ1) is 7.77. The van der Waals surface area contributed by atoms with Gasteiger partial charge in [-0.3, -0.25) is 4.79 Å². The summed E-state index contributed by atoms with van der Waals surface area (Å²) in [4.78, 5) is 12.2. The molecule has 1 atom stereocenters. The van der Waals surface area contributed by atoms with E-state index in [1.807, 2.05) is 0 Å². The molecule has 3 nitrogen and oxygen atoms in total. The highest BCUT2D eigenvalue weighted by molar-refractivity contribution is 5.86. The molecule has 0 bridgehead atoms. The average Bonchev–Trinajstić information content (AvgIpc) is 2.97. The second-order valence-corrected chi connectivity index (χ2v) is 5.33. The third-order valence-corrected chi connectivity index (χ3v) is 4.31. The van der Waals surface area contributed by atoms with Crippen molar-refractivity contribution in [2.75, 3.05) is 13.1 Å². The molecule has 100 valence electrons. The van der Waals surface area contributed by atoms with Crippen LogP contribution in [0.2, 0.25) is 0 Å². The van der Waals surface area contributed by atoms with Gasteiger partial charge in [-0.15, -0.1) is 12.4 Å². The minimum Gasteiger partial charge on any atom is -0.354 e. The van der Waals surface area contributed by atoms with E-state index in [0.29, 0.717) is 0 Å². The summed E-state index contributed by atoms with van der Waals surface area (Å²) in [6.07, 6.45) is 8.32. The van der Waals surface area contributed by atoms with Gasteiger partial charge in [0.25, 0.3) is 0 Å². The SMILES string of the molecule is CCC1(C(=O)NCC2CCCC2)CCCN1.Cl. The number of halogens is 1. The van der Waals surface area contributed by atoms with Crippen molar-refractivity contribution in [3.8, 4) is 0 Å². The van der Waals surface area contributed by atoms with Crippen molar-refractivity contribution in [2.24, 2.45) is 5.92 Å². The molecule has 2 rings (SSSR count). The van der Waals surface area contributed by atoms with Gasteiger partial charge in [0, 0.05) is 6.54 Å². The molecule has 1 heterocycles. The van der Waals surface area contributed by atoms with E-state index in [4.69, 9.17) is 0 Å². The lowest BCUT2D eigenvalue weighted by molar-refractivity contribution is -0.127. The lowest BCUT2D eigenvalue weighted by Gasteiger charge is -2.27. The van der Waals surface area contributed by atoms with Gasteiger partial charge in [-0.05, 0) is 44.6 Å². The van der Waals surface area contributed by atoms with Crippen LogP contribution in [0, 0.1) is 5.92 Å². The fourth-order valence-corrected chi connectivity index (χ4v) is 3.08. The van der Waals surface area contributed by atoms with Gasteiger partial charge in [-0.2, -0.15) is 0 Å². The van der Waals surface area contributed by atoms with Crippen molar-refractivity contribution < 1.29 is 4.79 Å². The highest BCUT2D eigenvalue weighted by Crippen LogP contribution is 2.25. The fraction of sp³-hybridized carbons (Fsp3) is 0.923. The lowest BCUT2D eigenvalue weighted by Crippen LogP contribution is -2.53. The third-order valence-electron chi connectivity index (χ3n) is 4.31. The Bertz CT molecular complexity index is 246. The summed E-state index contributed by atoms with van der Waals surface area (Å²) in [5.74, 6) is 0.971. The van der Waals surface area contributed by atoms with Crippen LogP contribution < -0.4 is 10.6 Å². The Balaban J connectivity index is 0.00000144. The molecule has 0 aromatic heterocycles. The third kappa shape index (κ3) is 3.35. The van der Waals surface area contributed by atoms with Gasteiger partial charge in [-0.1, -0.05) is 19.8 Å². The maximum atomic E-state index is 12.2. The first kappa shape index (κ1) is 14.8. The van der Waals surface area contributed by atoms with Gasteiger partial charge in [0.2, 0.25) is 5.91 Å². The summed E-state index contributed by atoms with van der Waals surface area (Å²) in [6, 6.07) is 0. The molecule has 2 fully saturated rings. The average molecular weight is 261 g/mol. The quantitative estimate of drug-likeness (QED) is 0.814. The zero-order valence-electron chi connectivity index (χ0n) is 10.8. The van der Waals surface area contributed by atoms with Crippen molar-refractivity contribution in [3.63, 3.8) is 0 Å². The van der Waals surface area contributed by atoms with Crippen molar-refractivity contribution in [1.29, 1.82) is 0 Å². The predicted octanol–water partition coefficient (Wildman–Crippen LogP) is 2.25. The van der Waals surface area contributed by atoms with Crippen molar-refractivity contribution in [3.05, 3.63) is 0 Å². The molecule has 1 amide bonds. The number of rotatable bonds is 4. The second kappa shape index (κ2) is 6.60. The van der Waals surface area contributed by atoms with Crippen LogP contribution in [0.5, 0.6) is 0 Å². The van der Waals surface area contributed by atoms with E-state index in [9.17, 15) is 4.79 Å². The summed E-state index contributed by atoms with van der Waals surface area (Å²) < 4.78 is 0. The van der Waals surface area contributed by atoms with Crippen molar-refractivity contribution in [2.45, 2.75) is 57.4 Å². The Hall–Kier alpha value is -0.280. The molecule has 2 N–H and O–H groups in total. The molecule has 1 unspecified atom stereocenters. The first-order valence-corrected chi connectivity index (χ1v) is 6.80. The van der Waals surface area contributed by atoms with Crippen LogP contribution in [0.1, 0.15) is 51.9 Å². The Morgan fingerprint density at radius 2 is 2.06 bits per heavy atom. The summed E-state index contributed by atoms with van der Waals surface area (Å²) >= 11 is 0. The normalized spacial score (nSPS) is 29.0. The molecule has 0 spiro atoms. The topological polar surface area (TPSA) is 41.1 Å². The predicted molar refractivity (Wildman–Crippen MR) is 72.5 cm³/mol. The summed E-state index contributed by atoms with van der Waals surface area (Å²) in [6.45, 7) is 3.99. The van der Waals surface area contributed by atoms with Crippen LogP contribution in [-0.2, 0) is 4.79 Å². The molecule has 0 aromatic rings. The number of carbonyl (C=O) groups is 1. The molecule has 0 radical (unpaired) electrons. The van der Waals surface area contributed by atoms with Crippen molar-refractivity contribution in [1.82, 2.24) is 10.6 Å². The summed E-state index contributed by atoms with van der Waals surface area (Å²) in [5, 5.41) is 6.54. The van der Waals surface area contributed by atoms with E-state index in [1.54, 1.807) is 0 Å². The molecule has 0 aromatic carbocycles. The van der Waals surface area contributed by atoms with Gasteiger partial charge in [0.15, 0.2) is 0 Å². The van der Waals surface area contributed by atoms with Gasteiger partial charge >= 0.3 is 0 Å². The van der Waals surface area contributed by atoms with Gasteiger partial charge in [0.1, 0.15) is 0 Å². The minimum absolute atomic E-state index is 0. The Labute approximate surface area is 111 Å². The van der Waals surface area contributed by atoms with Gasteiger partial charge < -0.3 is 10.6 Å². The maximum Gasteiger partial charge on any atom is 0.240 e. The zero-order chi connectivity index (χ0) is 11.4. The highest BCUT2D eigenvalue weighted by atomic mass is 35.5. The lowest BCUT2D eigenvalue weighted by atomic mass is 9.93. The largest absolute Gasteiger partial charge is 0.354 e. The molecule has 2 aliphatic rings. The van der Waals surface area contributed by atoms with Gasteiger partial charge in [0.05, 0.1) is 5.54 Å². The zero-order valence-corrected chi connectivity index (χ0v) is 11.6. The monoisotopic (exact) mass is 260 g/mol. The van der Waals surface area contributed by atoms with E-state index in [0.717, 1.165) is 38.3 Å². The van der Waals surface area contributed by atoms with Crippen LogP contribution in [0.4, 0.5) is 0 Å². The number of nitrogens with one attached hydrogen (secondary N) is 2. The van der Waals surface area contributed by atoms with Crippen LogP contribution in [0.15, 0.2) is 0 Å². The molecular weight excluding hydrogens is 236 g/mol. The minimum atomic E-state index is -0.251. The Morgan fingerprint density at radius 3 is 2.59 bits per heavy atom. The van der Waals surface area contributed by atoms with E-state index < -0.39 is 0 Å². The summed E-state index contributed by atoms with van der Waals surface area (Å²) in [5.41, 5.74) is -0.251. The van der Waals surface area contributed by atoms with Crippen LogP contribution >= 0.6 is 12.4 Å². The number of hydrogen-bond donors (Lipinski definition) is 2. The second-order valence-electron chi connectivity index (χ2n) is 5.33. The molecule has 1 saturated heterocycles. The van der Waals surface area contributed by atoms with E-state index >= 15 is 0 Å². The number of carbonyl (C=O) groups excluding carboxylic acids is 1. The van der Waals surface area contributed by atoms with E-state index in [2.05, 4.69) is 17.6 Å². The molecule has 1 aliphatic carbocycles. The molecule has 1 aliphatic heterocycles. The Kier molecular flexibility index (Phi) is 5.74. The van der Waals surface area contributed by atoms with E-state index in [-0.39, 0.29) is 23.9 Å². The van der Waals surface area contributed by atoms with Crippen LogP contribution in [-0.4, -0.2) is 24.5 Å². The highest BCUT2D eigenvalue weighted by Gasteiger charge is 2.39. The molecule has 4 heteroatoms. The van der Waals surface area contributed by atoms with Gasteiger partial charge in [-0.25, -0.2) is 0 Å². The Morgan fingerprint density at radius 1 is 1.35 bits per heavy atom.